The number of carbonyl (C=O) groups is 4. The number of carbonyl (C=O) groups excluding carboxylic acids is 3. The van der Waals surface area contributed by atoms with Gasteiger partial charge in [0.15, 0.2) is 22.3 Å². The van der Waals surface area contributed by atoms with E-state index in [9.17, 15) is 34.5 Å². The van der Waals surface area contributed by atoms with Gasteiger partial charge in [0.1, 0.15) is 35.2 Å². The molecule has 2 aliphatic heterocycles. The highest BCUT2D eigenvalue weighted by Crippen LogP contribution is 2.42. The summed E-state index contributed by atoms with van der Waals surface area (Å²) in [6.45, 7) is 1.54. The smallest absolute Gasteiger partial charge is 0.355 e. The topological polar surface area (TPSA) is 318 Å². The molecular formula is C34H35ClN10O10S3. The molecule has 1 saturated heterocycles. The molecular weight excluding hydrogens is 840 g/mol. The lowest BCUT2D eigenvalue weighted by atomic mass is 10.0. The molecule has 0 unspecified atom stereocenters. The number of amides is 2. The van der Waals surface area contributed by atoms with Crippen molar-refractivity contribution in [1.29, 1.82) is 0 Å². The Morgan fingerprint density at radius 2 is 1.84 bits per heavy atom. The first-order valence-corrected chi connectivity index (χ1v) is 19.4. The number of halogens is 1. The quantitative estimate of drug-likeness (QED) is 0.00764. The molecule has 0 radical (unpaired) electrons. The maximum absolute atomic E-state index is 13.9. The first-order chi connectivity index (χ1) is 27.2. The number of aliphatic carboxylic acids is 1. The van der Waals surface area contributed by atoms with Crippen LogP contribution in [0.3, 0.4) is 0 Å². The number of oxime groups is 1. The number of nitrogens with one attached hydrogen (secondary N) is 1. The van der Waals surface area contributed by atoms with Crippen LogP contribution < -0.4 is 50.2 Å². The minimum atomic E-state index is -1.84. The van der Waals surface area contributed by atoms with Crippen LogP contribution in [0.1, 0.15) is 28.5 Å². The number of benzene rings is 2. The van der Waals surface area contributed by atoms with E-state index in [1.165, 1.54) is 39.9 Å². The zero-order chi connectivity index (χ0) is 41.1. The van der Waals surface area contributed by atoms with Gasteiger partial charge in [0.05, 0.1) is 12.7 Å². The number of phenols is 2. The number of methoxy groups -OCH3 is 1. The first-order valence-electron chi connectivity index (χ1n) is 16.5. The molecule has 4 heterocycles. The standard InChI is InChI=1S/C34H34N10O10S3.ClH/c1-14-26(35)41-34(44(38)27(14)36)57-12-17-11-55-30-23(29(48)43(30)24(17)32(51)53-10-15-3-6-18(52-2)7-4-15)40-28(47)22(19-13-56-33(37)39-19)42-54-25(31(49)50)16-5-8-20(45)21(46)9-16;/h3-9,13,23,25,30H,10-12,38H2,1-2H3,(H9,35,36,37,39,40,42,45,46,47,49,50);1H/t23-,25+,30-;/m1./s1. The van der Waals surface area contributed by atoms with Gasteiger partial charge in [0.25, 0.3) is 11.8 Å². The van der Waals surface area contributed by atoms with Crippen LogP contribution in [-0.4, -0.2) is 89.7 Å². The average Bonchev–Trinajstić information content (AvgIpc) is 3.63. The number of carboxylic acid groups (broad SMARTS) is 1. The number of carboxylic acids is 1. The Morgan fingerprint density at radius 1 is 1.12 bits per heavy atom. The molecule has 6 rings (SSSR count). The largest absolute Gasteiger partial charge is 1.00 e. The minimum Gasteiger partial charge on any atom is -1.00 e. The van der Waals surface area contributed by atoms with Gasteiger partial charge < -0.3 is 64.6 Å². The summed E-state index contributed by atoms with van der Waals surface area (Å²) < 4.78 is 12.0. The Morgan fingerprint density at radius 3 is 2.48 bits per heavy atom. The molecule has 1 fully saturated rings. The maximum Gasteiger partial charge on any atom is 0.355 e. The summed E-state index contributed by atoms with van der Waals surface area (Å²) in [5.41, 5.74) is 18.8. The Labute approximate surface area is 347 Å². The van der Waals surface area contributed by atoms with E-state index in [4.69, 9.17) is 37.4 Å². The first kappa shape index (κ1) is 43.0. The van der Waals surface area contributed by atoms with Crippen LogP contribution in [0.25, 0.3) is 0 Å². The van der Waals surface area contributed by atoms with Crippen molar-refractivity contribution in [2.24, 2.45) is 5.16 Å². The number of anilines is 3. The summed E-state index contributed by atoms with van der Waals surface area (Å²) >= 11 is 3.36. The van der Waals surface area contributed by atoms with Gasteiger partial charge >= 0.3 is 17.1 Å². The van der Waals surface area contributed by atoms with E-state index in [-0.39, 0.29) is 69.4 Å². The molecule has 0 spiro atoms. The average molecular weight is 875 g/mol. The highest BCUT2D eigenvalue weighted by atomic mass is 35.5. The molecule has 3 atom stereocenters. The lowest BCUT2D eigenvalue weighted by molar-refractivity contribution is -0.667. The highest BCUT2D eigenvalue weighted by Gasteiger charge is 2.55. The third kappa shape index (κ3) is 8.86. The van der Waals surface area contributed by atoms with Gasteiger partial charge in [-0.25, -0.2) is 14.6 Å². The van der Waals surface area contributed by atoms with Gasteiger partial charge in [0.2, 0.25) is 17.7 Å². The van der Waals surface area contributed by atoms with E-state index in [1.54, 1.807) is 31.2 Å². The Hall–Kier alpha value is -6.17. The molecule has 2 aromatic carbocycles. The molecule has 0 aliphatic carbocycles. The second-order valence-corrected chi connectivity index (χ2v) is 15.2. The molecule has 2 aromatic heterocycles. The highest BCUT2D eigenvalue weighted by molar-refractivity contribution is 8.01. The van der Waals surface area contributed by atoms with Crippen LogP contribution in [0.2, 0.25) is 0 Å². The van der Waals surface area contributed by atoms with Gasteiger partial charge in [-0.15, -0.1) is 27.8 Å². The van der Waals surface area contributed by atoms with E-state index < -0.39 is 58.5 Å². The van der Waals surface area contributed by atoms with E-state index in [0.29, 0.717) is 22.4 Å². The van der Waals surface area contributed by atoms with Crippen LogP contribution in [0, 0.1) is 6.92 Å². The summed E-state index contributed by atoms with van der Waals surface area (Å²) in [6.07, 6.45) is -1.84. The summed E-state index contributed by atoms with van der Waals surface area (Å²) in [7, 11) is 1.52. The summed E-state index contributed by atoms with van der Waals surface area (Å²) in [6, 6.07) is 8.88. The van der Waals surface area contributed by atoms with Crippen molar-refractivity contribution in [3.05, 3.63) is 81.5 Å². The van der Waals surface area contributed by atoms with Crippen molar-refractivity contribution < 1.29 is 65.9 Å². The van der Waals surface area contributed by atoms with Crippen LogP contribution in [-0.2, 0) is 35.4 Å². The van der Waals surface area contributed by atoms with E-state index in [0.717, 1.165) is 35.2 Å². The van der Waals surface area contributed by atoms with Crippen molar-refractivity contribution in [2.45, 2.75) is 36.2 Å². The predicted molar refractivity (Wildman–Crippen MR) is 208 cm³/mol. The monoisotopic (exact) mass is 874 g/mol. The molecule has 20 nitrogen and oxygen atoms in total. The Balaban J connectivity index is 0.00000641. The number of ether oxygens (including phenoxy) is 2. The maximum atomic E-state index is 13.9. The minimum absolute atomic E-state index is 0. The van der Waals surface area contributed by atoms with Gasteiger partial charge in [-0.3, -0.25) is 20.3 Å². The molecule has 4 aromatic rings. The fourth-order valence-corrected chi connectivity index (χ4v) is 8.46. The van der Waals surface area contributed by atoms with Gasteiger partial charge in [-0.05, 0) is 54.1 Å². The normalized spacial score (nSPS) is 16.7. The van der Waals surface area contributed by atoms with Crippen LogP contribution in [0.5, 0.6) is 17.2 Å². The number of nitrogens with zero attached hydrogens (tertiary/aromatic N) is 5. The Kier molecular flexibility index (Phi) is 13.3. The zero-order valence-corrected chi connectivity index (χ0v) is 33.5. The van der Waals surface area contributed by atoms with Crippen molar-refractivity contribution in [1.82, 2.24) is 20.2 Å². The number of esters is 1. The molecule has 2 amide bonds. The number of rotatable bonds is 14. The van der Waals surface area contributed by atoms with Crippen LogP contribution >= 0.6 is 34.9 Å². The third-order valence-corrected chi connectivity index (χ3v) is 11.7. The SMILES string of the molecule is COc1ccc(COC(=O)C2=C(CSc3nc(N)c(C)c(N)[n+]3N)CS[C@@H]3[C@H](NC(=O)/C(=N\O[C@H](C(=O)O)c4ccc(O)c(O)c4)c4csc(N)n4)C(=O)N23)cc1.[Cl-]. The van der Waals surface area contributed by atoms with E-state index in [1.807, 2.05) is 0 Å². The number of fused-ring (bicyclic) bond motifs is 1. The molecule has 24 heteroatoms. The number of β-lactam (4-membered cyclic amide) rings is 1. The lowest BCUT2D eigenvalue weighted by Crippen LogP contribution is -3.00. The number of aromatic nitrogens is 3. The molecule has 58 heavy (non-hydrogen) atoms. The number of nitrogens with two attached hydrogens (primary N) is 4. The van der Waals surface area contributed by atoms with Crippen molar-refractivity contribution in [3.8, 4) is 17.2 Å². The number of hydrogen-bond donors (Lipinski definition) is 8. The van der Waals surface area contributed by atoms with E-state index in [2.05, 4.69) is 20.4 Å². The fraction of sp³-hybridized carbons (Fsp3) is 0.235. The zero-order valence-electron chi connectivity index (χ0n) is 30.3. The summed E-state index contributed by atoms with van der Waals surface area (Å²) in [5.74, 6) is 2.40. The molecule has 2 aliphatic rings. The van der Waals surface area contributed by atoms with Crippen molar-refractivity contribution in [2.75, 3.05) is 41.7 Å². The van der Waals surface area contributed by atoms with Crippen molar-refractivity contribution in [3.63, 3.8) is 0 Å². The van der Waals surface area contributed by atoms with Crippen LogP contribution in [0.4, 0.5) is 16.8 Å². The molecule has 0 saturated carbocycles. The third-order valence-electron chi connectivity index (χ3n) is 8.64. The number of aromatic hydroxyl groups is 2. The lowest BCUT2D eigenvalue weighted by Gasteiger charge is -2.49. The Bertz CT molecular complexity index is 2330. The molecule has 306 valence electrons. The fourth-order valence-electron chi connectivity index (χ4n) is 5.50. The number of phenolic OH excluding ortho intramolecular Hbond substituents is 2. The summed E-state index contributed by atoms with van der Waals surface area (Å²) in [5, 5.41) is 36.7. The molecule has 12 N–H and O–H groups in total. The molecule has 0 bridgehead atoms. The predicted octanol–water partition coefficient (Wildman–Crippen LogP) is -2.25. The van der Waals surface area contributed by atoms with Gasteiger partial charge in [-0.1, -0.05) is 28.3 Å². The number of thiazole rings is 1. The van der Waals surface area contributed by atoms with Gasteiger partial charge in [0, 0.05) is 22.4 Å². The summed E-state index contributed by atoms with van der Waals surface area (Å²) in [4.78, 5) is 68.5. The van der Waals surface area contributed by atoms with E-state index >= 15 is 0 Å². The number of hydrogen-bond acceptors (Lipinski definition) is 19. The van der Waals surface area contributed by atoms with Crippen LogP contribution in [0.15, 0.2) is 69.4 Å². The number of thioether (sulfide) groups is 2. The van der Waals surface area contributed by atoms with Crippen molar-refractivity contribution >= 4 is 81.1 Å². The second-order valence-electron chi connectivity index (χ2n) is 12.3. The van der Waals surface area contributed by atoms with Gasteiger partial charge in [-0.2, -0.15) is 0 Å². The second kappa shape index (κ2) is 18.0. The number of nitrogen functional groups attached to an aromatic ring is 4.